The maximum Gasteiger partial charge on any atom is 0.339 e. The zero-order valence-corrected chi connectivity index (χ0v) is 16.7. The summed E-state index contributed by atoms with van der Waals surface area (Å²) in [4.78, 5) is 15.6. The van der Waals surface area contributed by atoms with Crippen LogP contribution in [-0.2, 0) is 21.2 Å². The molecule has 138 valence electrons. The molecule has 0 saturated carbocycles. The fourth-order valence-electron chi connectivity index (χ4n) is 3.15. The monoisotopic (exact) mass is 438 g/mol. The van der Waals surface area contributed by atoms with Crippen molar-refractivity contribution in [2.75, 3.05) is 13.7 Å². The predicted octanol–water partition coefficient (Wildman–Crippen LogP) is 3.03. The van der Waals surface area contributed by atoms with Crippen LogP contribution in [0.5, 0.6) is 0 Å². The van der Waals surface area contributed by atoms with E-state index < -0.39 is 16.0 Å². The third kappa shape index (κ3) is 3.97. The van der Waals surface area contributed by atoms with Crippen molar-refractivity contribution < 1.29 is 17.9 Å². The minimum Gasteiger partial charge on any atom is -0.465 e. The highest BCUT2D eigenvalue weighted by molar-refractivity contribution is 9.10. The summed E-state index contributed by atoms with van der Waals surface area (Å²) in [6.07, 6.45) is 4.84. The van der Waals surface area contributed by atoms with Gasteiger partial charge in [0, 0.05) is 29.5 Å². The number of pyridine rings is 1. The van der Waals surface area contributed by atoms with E-state index in [2.05, 4.69) is 25.7 Å². The number of hydrogen-bond donors (Lipinski definition) is 0. The highest BCUT2D eigenvalue weighted by Gasteiger charge is 2.35. The van der Waals surface area contributed by atoms with Gasteiger partial charge in [-0.25, -0.2) is 13.2 Å². The van der Waals surface area contributed by atoms with Gasteiger partial charge in [0.1, 0.15) is 4.90 Å². The molecule has 1 fully saturated rings. The van der Waals surface area contributed by atoms with Gasteiger partial charge in [-0.3, -0.25) is 4.98 Å². The molecule has 1 aliphatic heterocycles. The van der Waals surface area contributed by atoms with Crippen LogP contribution >= 0.6 is 15.9 Å². The number of esters is 1. The van der Waals surface area contributed by atoms with Crippen LogP contribution in [0.3, 0.4) is 0 Å². The van der Waals surface area contributed by atoms with Gasteiger partial charge in [-0.15, -0.1) is 0 Å². The fraction of sp³-hybridized carbons (Fsp3) is 0.333. The minimum absolute atomic E-state index is 0.0168. The number of rotatable bonds is 5. The van der Waals surface area contributed by atoms with E-state index in [1.54, 1.807) is 0 Å². The van der Waals surface area contributed by atoms with E-state index in [4.69, 9.17) is 0 Å². The van der Waals surface area contributed by atoms with Crippen molar-refractivity contribution in [1.29, 1.82) is 0 Å². The molecule has 0 radical (unpaired) electrons. The van der Waals surface area contributed by atoms with Gasteiger partial charge >= 0.3 is 5.97 Å². The van der Waals surface area contributed by atoms with Gasteiger partial charge in [-0.1, -0.05) is 28.1 Å². The molecule has 0 aliphatic carbocycles. The Balaban J connectivity index is 1.85. The second-order valence-corrected chi connectivity index (χ2v) is 8.95. The summed E-state index contributed by atoms with van der Waals surface area (Å²) in [5.74, 6) is -0.609. The molecule has 0 amide bonds. The normalized spacial score (nSPS) is 18.0. The van der Waals surface area contributed by atoms with Gasteiger partial charge < -0.3 is 4.74 Å². The molecule has 1 unspecified atom stereocenters. The standard InChI is InChI=1S/C18H19BrN2O4S/c1-25-18(22)14-10-17(12-20-11-14)26(23,24)21-8-2-3-16(21)9-13-4-6-15(19)7-5-13/h4-7,10-12,16H,2-3,8-9H2,1H3. The number of methoxy groups -OCH3 is 1. The SMILES string of the molecule is COC(=O)c1cncc(S(=O)(=O)N2CCCC2Cc2ccc(Br)cc2)c1. The predicted molar refractivity (Wildman–Crippen MR) is 100 cm³/mol. The molecule has 26 heavy (non-hydrogen) atoms. The number of sulfonamides is 1. The summed E-state index contributed by atoms with van der Waals surface area (Å²) in [5.41, 5.74) is 1.21. The highest BCUT2D eigenvalue weighted by Crippen LogP contribution is 2.28. The molecule has 6 nitrogen and oxygen atoms in total. The molecule has 1 aromatic heterocycles. The molecule has 2 heterocycles. The van der Waals surface area contributed by atoms with Crippen molar-refractivity contribution in [2.24, 2.45) is 0 Å². The zero-order chi connectivity index (χ0) is 18.7. The molecule has 0 spiro atoms. The fourth-order valence-corrected chi connectivity index (χ4v) is 5.09. The number of carbonyl (C=O) groups excluding carboxylic acids is 1. The minimum atomic E-state index is -3.73. The number of ether oxygens (including phenoxy) is 1. The van der Waals surface area contributed by atoms with Gasteiger partial charge in [0.25, 0.3) is 0 Å². The summed E-state index contributed by atoms with van der Waals surface area (Å²) in [6.45, 7) is 0.464. The van der Waals surface area contributed by atoms with Crippen LogP contribution in [0.4, 0.5) is 0 Å². The molecule has 1 atom stereocenters. The average molecular weight is 439 g/mol. The smallest absolute Gasteiger partial charge is 0.339 e. The number of nitrogens with zero attached hydrogens (tertiary/aromatic N) is 2. The Morgan fingerprint density at radius 1 is 1.31 bits per heavy atom. The first kappa shape index (κ1) is 19.0. The van der Waals surface area contributed by atoms with Crippen LogP contribution in [0.25, 0.3) is 0 Å². The Morgan fingerprint density at radius 2 is 2.04 bits per heavy atom. The van der Waals surface area contributed by atoms with Crippen LogP contribution in [0, 0.1) is 0 Å². The Bertz CT molecular complexity index is 900. The quantitative estimate of drug-likeness (QED) is 0.670. The second kappa shape index (κ2) is 7.85. The summed E-state index contributed by atoms with van der Waals surface area (Å²) in [5, 5.41) is 0. The van der Waals surface area contributed by atoms with Crippen molar-refractivity contribution in [3.63, 3.8) is 0 Å². The topological polar surface area (TPSA) is 76.6 Å². The van der Waals surface area contributed by atoms with Gasteiger partial charge in [0.2, 0.25) is 10.0 Å². The lowest BCUT2D eigenvalue weighted by atomic mass is 10.1. The largest absolute Gasteiger partial charge is 0.465 e. The van der Waals surface area contributed by atoms with E-state index in [0.717, 1.165) is 22.9 Å². The van der Waals surface area contributed by atoms with Crippen molar-refractivity contribution in [3.8, 4) is 0 Å². The molecule has 1 aromatic carbocycles. The lowest BCUT2D eigenvalue weighted by Gasteiger charge is -2.24. The molecule has 3 rings (SSSR count). The molecular weight excluding hydrogens is 420 g/mol. The van der Waals surface area contributed by atoms with Gasteiger partial charge in [0.15, 0.2) is 0 Å². The van der Waals surface area contributed by atoms with Crippen molar-refractivity contribution >= 4 is 31.9 Å². The lowest BCUT2D eigenvalue weighted by molar-refractivity contribution is 0.0600. The van der Waals surface area contributed by atoms with Crippen LogP contribution in [-0.4, -0.2) is 43.4 Å². The van der Waals surface area contributed by atoms with Gasteiger partial charge in [-0.2, -0.15) is 4.31 Å². The van der Waals surface area contributed by atoms with Gasteiger partial charge in [0.05, 0.1) is 12.7 Å². The lowest BCUT2D eigenvalue weighted by Crippen LogP contribution is -2.37. The van der Waals surface area contributed by atoms with Crippen LogP contribution in [0.15, 0.2) is 52.1 Å². The second-order valence-electron chi connectivity index (χ2n) is 6.14. The summed E-state index contributed by atoms with van der Waals surface area (Å²) in [6, 6.07) is 9.10. The van der Waals surface area contributed by atoms with Crippen LogP contribution < -0.4 is 0 Å². The maximum atomic E-state index is 13.1. The van der Waals surface area contributed by atoms with Crippen LogP contribution in [0.1, 0.15) is 28.8 Å². The number of hydrogen-bond acceptors (Lipinski definition) is 5. The summed E-state index contributed by atoms with van der Waals surface area (Å²) in [7, 11) is -2.48. The molecule has 8 heteroatoms. The third-order valence-electron chi connectivity index (χ3n) is 4.45. The van der Waals surface area contributed by atoms with E-state index >= 15 is 0 Å². The summed E-state index contributed by atoms with van der Waals surface area (Å²) >= 11 is 3.41. The maximum absolute atomic E-state index is 13.1. The van der Waals surface area contributed by atoms with E-state index in [9.17, 15) is 13.2 Å². The molecule has 0 bridgehead atoms. The first-order chi connectivity index (χ1) is 12.4. The number of halogens is 1. The van der Waals surface area contributed by atoms with Crippen LogP contribution in [0.2, 0.25) is 0 Å². The average Bonchev–Trinajstić information content (AvgIpc) is 3.12. The Hall–Kier alpha value is -1.77. The van der Waals surface area contributed by atoms with Crippen molar-refractivity contribution in [1.82, 2.24) is 9.29 Å². The molecule has 2 aromatic rings. The molecule has 1 aliphatic rings. The molecular formula is C18H19BrN2O4S. The first-order valence-corrected chi connectivity index (χ1v) is 10.4. The number of benzene rings is 1. The van der Waals surface area contributed by atoms with E-state index in [1.165, 1.54) is 29.9 Å². The Kier molecular flexibility index (Phi) is 5.74. The molecule has 1 saturated heterocycles. The van der Waals surface area contributed by atoms with E-state index in [-0.39, 0.29) is 16.5 Å². The number of aromatic nitrogens is 1. The Morgan fingerprint density at radius 3 is 2.73 bits per heavy atom. The summed E-state index contributed by atoms with van der Waals surface area (Å²) < 4.78 is 33.3. The zero-order valence-electron chi connectivity index (χ0n) is 14.3. The third-order valence-corrected chi connectivity index (χ3v) is 6.89. The van der Waals surface area contributed by atoms with Crippen molar-refractivity contribution in [2.45, 2.75) is 30.2 Å². The number of carbonyl (C=O) groups is 1. The highest BCUT2D eigenvalue weighted by atomic mass is 79.9. The first-order valence-electron chi connectivity index (χ1n) is 8.21. The molecule has 0 N–H and O–H groups in total. The van der Waals surface area contributed by atoms with Crippen molar-refractivity contribution in [3.05, 3.63) is 58.3 Å². The van der Waals surface area contributed by atoms with E-state index in [1.807, 2.05) is 24.3 Å². The van der Waals surface area contributed by atoms with E-state index in [0.29, 0.717) is 13.0 Å². The Labute approximate surface area is 161 Å². The van der Waals surface area contributed by atoms with Gasteiger partial charge in [-0.05, 0) is 43.0 Å².